The first-order valence-corrected chi connectivity index (χ1v) is 8.99. The van der Waals surface area contributed by atoms with Gasteiger partial charge in [0.05, 0.1) is 13.7 Å². The zero-order chi connectivity index (χ0) is 18.3. The molecule has 2 aromatic heterocycles. The van der Waals surface area contributed by atoms with Gasteiger partial charge in [0.25, 0.3) is 0 Å². The second-order valence-electron chi connectivity index (χ2n) is 7.39. The minimum atomic E-state index is -0.966. The molecule has 0 aliphatic carbocycles. The number of pyridine rings is 1. The van der Waals surface area contributed by atoms with Crippen LogP contribution in [0.1, 0.15) is 23.7 Å². The van der Waals surface area contributed by atoms with Gasteiger partial charge < -0.3 is 19.3 Å². The Morgan fingerprint density at radius 1 is 1.23 bits per heavy atom. The lowest BCUT2D eigenvalue weighted by Gasteiger charge is -2.28. The lowest BCUT2D eigenvalue weighted by molar-refractivity contribution is 0.0384. The Balaban J connectivity index is 1.84. The summed E-state index contributed by atoms with van der Waals surface area (Å²) in [6.45, 7) is 4.33. The van der Waals surface area contributed by atoms with Gasteiger partial charge in [0.2, 0.25) is 0 Å². The van der Waals surface area contributed by atoms with E-state index in [1.54, 1.807) is 19.5 Å². The first-order chi connectivity index (χ1) is 12.5. The van der Waals surface area contributed by atoms with Gasteiger partial charge in [-0.05, 0) is 55.4 Å². The first kappa shape index (κ1) is 17.1. The molecule has 1 aromatic carbocycles. The van der Waals surface area contributed by atoms with E-state index in [-0.39, 0.29) is 0 Å². The molecule has 0 fully saturated rings. The Morgan fingerprint density at radius 2 is 2.00 bits per heavy atom. The highest BCUT2D eigenvalue weighted by molar-refractivity contribution is 5.87. The van der Waals surface area contributed by atoms with Crippen molar-refractivity contribution < 1.29 is 9.84 Å². The van der Waals surface area contributed by atoms with Crippen molar-refractivity contribution in [2.75, 3.05) is 20.7 Å². The SMILES string of the molecule is COc1ccc2c(c1)c1c(n2CC(C)(O)c2ccncc2)CCN(C)C1. The van der Waals surface area contributed by atoms with Crippen molar-refractivity contribution >= 4 is 10.9 Å². The average molecular weight is 351 g/mol. The van der Waals surface area contributed by atoms with Crippen LogP contribution >= 0.6 is 0 Å². The topological polar surface area (TPSA) is 50.5 Å². The van der Waals surface area contributed by atoms with E-state index in [9.17, 15) is 5.11 Å². The van der Waals surface area contributed by atoms with Crippen LogP contribution in [0.4, 0.5) is 0 Å². The van der Waals surface area contributed by atoms with Crippen LogP contribution in [-0.4, -0.2) is 40.3 Å². The summed E-state index contributed by atoms with van der Waals surface area (Å²) in [6.07, 6.45) is 4.44. The number of fused-ring (bicyclic) bond motifs is 3. The Bertz CT molecular complexity index is 931. The zero-order valence-corrected chi connectivity index (χ0v) is 15.6. The molecular weight excluding hydrogens is 326 g/mol. The summed E-state index contributed by atoms with van der Waals surface area (Å²) in [5, 5.41) is 12.4. The number of methoxy groups -OCH3 is 1. The maximum absolute atomic E-state index is 11.2. The van der Waals surface area contributed by atoms with Crippen molar-refractivity contribution in [3.63, 3.8) is 0 Å². The van der Waals surface area contributed by atoms with Crippen LogP contribution in [0.25, 0.3) is 10.9 Å². The van der Waals surface area contributed by atoms with E-state index in [1.807, 2.05) is 25.1 Å². The minimum absolute atomic E-state index is 0.513. The molecule has 5 heteroatoms. The molecule has 136 valence electrons. The fourth-order valence-corrected chi connectivity index (χ4v) is 3.98. The summed E-state index contributed by atoms with van der Waals surface area (Å²) >= 11 is 0. The smallest absolute Gasteiger partial charge is 0.119 e. The molecule has 0 saturated heterocycles. The number of hydrogen-bond acceptors (Lipinski definition) is 4. The molecule has 26 heavy (non-hydrogen) atoms. The minimum Gasteiger partial charge on any atom is -0.497 e. The van der Waals surface area contributed by atoms with Crippen molar-refractivity contribution in [1.29, 1.82) is 0 Å². The van der Waals surface area contributed by atoms with Gasteiger partial charge in [0.1, 0.15) is 11.4 Å². The molecule has 0 spiro atoms. The van der Waals surface area contributed by atoms with E-state index in [0.29, 0.717) is 6.54 Å². The highest BCUT2D eigenvalue weighted by Crippen LogP contribution is 2.35. The molecule has 1 atom stereocenters. The van der Waals surface area contributed by atoms with Gasteiger partial charge in [-0.25, -0.2) is 0 Å². The lowest BCUT2D eigenvalue weighted by atomic mass is 9.96. The van der Waals surface area contributed by atoms with Crippen molar-refractivity contribution in [2.24, 2.45) is 0 Å². The molecule has 0 amide bonds. The fourth-order valence-electron chi connectivity index (χ4n) is 3.98. The molecule has 1 unspecified atom stereocenters. The number of likely N-dealkylation sites (N-methyl/N-ethyl adjacent to an activating group) is 1. The molecule has 4 rings (SSSR count). The summed E-state index contributed by atoms with van der Waals surface area (Å²) in [4.78, 5) is 6.41. The van der Waals surface area contributed by atoms with Gasteiger partial charge in [-0.2, -0.15) is 0 Å². The van der Waals surface area contributed by atoms with Crippen LogP contribution in [0.3, 0.4) is 0 Å². The third kappa shape index (κ3) is 2.87. The van der Waals surface area contributed by atoms with E-state index in [1.165, 1.54) is 16.6 Å². The number of aromatic nitrogens is 2. The predicted octanol–water partition coefficient (Wildman–Crippen LogP) is 2.94. The highest BCUT2D eigenvalue weighted by atomic mass is 16.5. The third-order valence-electron chi connectivity index (χ3n) is 5.42. The lowest BCUT2D eigenvalue weighted by Crippen LogP contribution is -2.31. The molecule has 3 heterocycles. The molecule has 0 bridgehead atoms. The Hall–Kier alpha value is -2.37. The fraction of sp³-hybridized carbons (Fsp3) is 0.381. The molecule has 1 N–H and O–H groups in total. The van der Waals surface area contributed by atoms with E-state index < -0.39 is 5.60 Å². The van der Waals surface area contributed by atoms with Crippen LogP contribution < -0.4 is 4.74 Å². The summed E-state index contributed by atoms with van der Waals surface area (Å²) in [5.41, 5.74) is 3.73. The number of rotatable bonds is 4. The predicted molar refractivity (Wildman–Crippen MR) is 102 cm³/mol. The summed E-state index contributed by atoms with van der Waals surface area (Å²) in [6, 6.07) is 9.99. The Kier molecular flexibility index (Phi) is 4.21. The second-order valence-corrected chi connectivity index (χ2v) is 7.39. The van der Waals surface area contributed by atoms with Gasteiger partial charge >= 0.3 is 0 Å². The molecule has 1 aliphatic heterocycles. The van der Waals surface area contributed by atoms with Gasteiger partial charge in [0.15, 0.2) is 0 Å². The van der Waals surface area contributed by atoms with Gasteiger partial charge in [-0.1, -0.05) is 0 Å². The van der Waals surface area contributed by atoms with Crippen molar-refractivity contribution in [3.05, 3.63) is 59.5 Å². The van der Waals surface area contributed by atoms with Gasteiger partial charge in [0, 0.05) is 48.5 Å². The Morgan fingerprint density at radius 3 is 2.73 bits per heavy atom. The standard InChI is InChI=1S/C21H25N3O2/c1-21(25,15-6-9-22-10-7-15)14-24-19-5-4-16(26-3)12-17(19)18-13-23(2)11-8-20(18)24/h4-7,9-10,12,25H,8,11,13-14H2,1-3H3. The molecule has 0 radical (unpaired) electrons. The maximum Gasteiger partial charge on any atom is 0.119 e. The van der Waals surface area contributed by atoms with Crippen molar-refractivity contribution in [2.45, 2.75) is 32.0 Å². The molecular formula is C21H25N3O2. The van der Waals surface area contributed by atoms with E-state index >= 15 is 0 Å². The number of ether oxygens (including phenoxy) is 1. The van der Waals surface area contributed by atoms with Crippen molar-refractivity contribution in [1.82, 2.24) is 14.5 Å². The third-order valence-corrected chi connectivity index (χ3v) is 5.42. The number of hydrogen-bond donors (Lipinski definition) is 1. The van der Waals surface area contributed by atoms with Gasteiger partial charge in [-0.3, -0.25) is 4.98 Å². The second kappa shape index (κ2) is 6.41. The Labute approximate surface area is 153 Å². The van der Waals surface area contributed by atoms with Crippen LogP contribution in [0, 0.1) is 0 Å². The van der Waals surface area contributed by atoms with E-state index in [2.05, 4.69) is 33.6 Å². The zero-order valence-electron chi connectivity index (χ0n) is 15.6. The summed E-state index contributed by atoms with van der Waals surface area (Å²) < 4.78 is 7.73. The first-order valence-electron chi connectivity index (χ1n) is 8.99. The van der Waals surface area contributed by atoms with Crippen molar-refractivity contribution in [3.8, 4) is 5.75 Å². The monoisotopic (exact) mass is 351 g/mol. The molecule has 3 aromatic rings. The quantitative estimate of drug-likeness (QED) is 0.785. The van der Waals surface area contributed by atoms with Crippen LogP contribution in [0.2, 0.25) is 0 Å². The number of benzene rings is 1. The summed E-state index contributed by atoms with van der Waals surface area (Å²) in [7, 11) is 3.85. The van der Waals surface area contributed by atoms with E-state index in [0.717, 1.165) is 36.3 Å². The average Bonchev–Trinajstić information content (AvgIpc) is 2.94. The number of aliphatic hydroxyl groups is 1. The maximum atomic E-state index is 11.2. The molecule has 5 nitrogen and oxygen atoms in total. The van der Waals surface area contributed by atoms with E-state index in [4.69, 9.17) is 4.74 Å². The molecule has 0 saturated carbocycles. The van der Waals surface area contributed by atoms with Crippen LogP contribution in [-0.2, 0) is 25.1 Å². The van der Waals surface area contributed by atoms with Crippen LogP contribution in [0.5, 0.6) is 5.75 Å². The highest BCUT2D eigenvalue weighted by Gasteiger charge is 2.29. The number of nitrogens with zero attached hydrogens (tertiary/aromatic N) is 3. The largest absolute Gasteiger partial charge is 0.497 e. The summed E-state index contributed by atoms with van der Waals surface area (Å²) in [5.74, 6) is 0.867. The molecule has 1 aliphatic rings. The van der Waals surface area contributed by atoms with Crippen LogP contribution in [0.15, 0.2) is 42.7 Å². The van der Waals surface area contributed by atoms with Gasteiger partial charge in [-0.15, -0.1) is 0 Å². The normalized spacial score (nSPS) is 17.1.